The molecule has 0 saturated heterocycles. The highest BCUT2D eigenvalue weighted by atomic mass is 15.2. The molecule has 15 heavy (non-hydrogen) atoms. The zero-order valence-corrected chi connectivity index (χ0v) is 8.67. The summed E-state index contributed by atoms with van der Waals surface area (Å²) < 4.78 is 0. The Morgan fingerprint density at radius 2 is 1.93 bits per heavy atom. The molecule has 2 aromatic rings. The molecule has 0 aliphatic heterocycles. The number of nitrogens with zero attached hydrogens (tertiary/aromatic N) is 3. The molecule has 0 radical (unpaired) electrons. The maximum atomic E-state index is 4.24. The van der Waals surface area contributed by atoms with Crippen molar-refractivity contribution >= 4 is 11.5 Å². The zero-order valence-electron chi connectivity index (χ0n) is 8.67. The van der Waals surface area contributed by atoms with Gasteiger partial charge < -0.3 is 4.90 Å². The monoisotopic (exact) mass is 199 g/mol. The molecule has 0 atom stereocenters. The smallest absolute Gasteiger partial charge is 0.136 e. The lowest BCUT2D eigenvalue weighted by Crippen LogP contribution is -2.16. The average molecular weight is 199 g/mol. The van der Waals surface area contributed by atoms with E-state index >= 15 is 0 Å². The predicted octanol–water partition coefficient (Wildman–Crippen LogP) is 2.63. The van der Waals surface area contributed by atoms with Crippen LogP contribution in [-0.2, 0) is 0 Å². The van der Waals surface area contributed by atoms with Gasteiger partial charge in [0.15, 0.2) is 0 Å². The van der Waals surface area contributed by atoms with Gasteiger partial charge in [0.05, 0.1) is 0 Å². The predicted molar refractivity (Wildman–Crippen MR) is 61.2 cm³/mol. The second-order valence-electron chi connectivity index (χ2n) is 3.15. The van der Waals surface area contributed by atoms with Crippen molar-refractivity contribution in [2.24, 2.45) is 0 Å². The highest BCUT2D eigenvalue weighted by Gasteiger charge is 2.06. The lowest BCUT2D eigenvalue weighted by Gasteiger charge is -2.21. The van der Waals surface area contributed by atoms with Crippen molar-refractivity contribution in [3.8, 4) is 0 Å². The Morgan fingerprint density at radius 3 is 2.53 bits per heavy atom. The van der Waals surface area contributed by atoms with E-state index in [9.17, 15) is 0 Å². The van der Waals surface area contributed by atoms with Crippen molar-refractivity contribution in [1.29, 1.82) is 0 Å². The first-order chi connectivity index (χ1) is 7.42. The number of hydrogen-bond acceptors (Lipinski definition) is 3. The van der Waals surface area contributed by atoms with Crippen LogP contribution in [0.5, 0.6) is 0 Å². The summed E-state index contributed by atoms with van der Waals surface area (Å²) in [6.45, 7) is 3.00. The van der Waals surface area contributed by atoms with Crippen molar-refractivity contribution in [3.05, 3.63) is 48.9 Å². The van der Waals surface area contributed by atoms with Crippen molar-refractivity contribution in [2.45, 2.75) is 6.92 Å². The van der Waals surface area contributed by atoms with Crippen LogP contribution in [0.4, 0.5) is 11.5 Å². The van der Waals surface area contributed by atoms with Crippen molar-refractivity contribution in [3.63, 3.8) is 0 Å². The molecule has 0 fully saturated rings. The van der Waals surface area contributed by atoms with Crippen LogP contribution in [0.1, 0.15) is 6.92 Å². The van der Waals surface area contributed by atoms with E-state index in [-0.39, 0.29) is 0 Å². The average Bonchev–Trinajstić information content (AvgIpc) is 2.33. The summed E-state index contributed by atoms with van der Waals surface area (Å²) >= 11 is 0. The molecule has 0 spiro atoms. The third-order valence-corrected chi connectivity index (χ3v) is 2.23. The third kappa shape index (κ3) is 2.13. The Morgan fingerprint density at radius 1 is 1.13 bits per heavy atom. The van der Waals surface area contributed by atoms with Crippen LogP contribution in [-0.4, -0.2) is 16.5 Å². The molecule has 0 N–H and O–H groups in total. The molecule has 1 aromatic carbocycles. The van der Waals surface area contributed by atoms with E-state index in [0.29, 0.717) is 0 Å². The SMILES string of the molecule is CCN(c1ccccc1)c1ccncn1. The molecule has 2 rings (SSSR count). The lowest BCUT2D eigenvalue weighted by atomic mass is 10.3. The van der Waals surface area contributed by atoms with Crippen molar-refractivity contribution < 1.29 is 0 Å². The lowest BCUT2D eigenvalue weighted by molar-refractivity contribution is 0.976. The van der Waals surface area contributed by atoms with Crippen LogP contribution in [0.3, 0.4) is 0 Å². The third-order valence-electron chi connectivity index (χ3n) is 2.23. The van der Waals surface area contributed by atoms with Gasteiger partial charge in [-0.2, -0.15) is 0 Å². The van der Waals surface area contributed by atoms with E-state index in [1.54, 1.807) is 12.5 Å². The van der Waals surface area contributed by atoms with E-state index in [1.807, 2.05) is 24.3 Å². The van der Waals surface area contributed by atoms with Gasteiger partial charge in [0, 0.05) is 18.4 Å². The van der Waals surface area contributed by atoms with E-state index in [0.717, 1.165) is 18.1 Å². The molecule has 3 heteroatoms. The van der Waals surface area contributed by atoms with Gasteiger partial charge in [0.1, 0.15) is 12.1 Å². The highest BCUT2D eigenvalue weighted by Crippen LogP contribution is 2.21. The first kappa shape index (κ1) is 9.65. The van der Waals surface area contributed by atoms with E-state index < -0.39 is 0 Å². The molecular formula is C12H13N3. The second kappa shape index (κ2) is 4.55. The van der Waals surface area contributed by atoms with Gasteiger partial charge in [0.25, 0.3) is 0 Å². The number of para-hydroxylation sites is 1. The van der Waals surface area contributed by atoms with Gasteiger partial charge >= 0.3 is 0 Å². The van der Waals surface area contributed by atoms with Crippen molar-refractivity contribution in [1.82, 2.24) is 9.97 Å². The number of aromatic nitrogens is 2. The van der Waals surface area contributed by atoms with Crippen LogP contribution in [0.15, 0.2) is 48.9 Å². The summed E-state index contributed by atoms with van der Waals surface area (Å²) in [5, 5.41) is 0. The minimum Gasteiger partial charge on any atom is -0.327 e. The quantitative estimate of drug-likeness (QED) is 0.761. The molecule has 1 aromatic heterocycles. The fourth-order valence-electron chi connectivity index (χ4n) is 1.53. The topological polar surface area (TPSA) is 29.0 Å². The normalized spacial score (nSPS) is 9.93. The molecule has 0 aliphatic carbocycles. The molecular weight excluding hydrogens is 186 g/mol. The molecule has 0 saturated carbocycles. The summed E-state index contributed by atoms with van der Waals surface area (Å²) in [6.07, 6.45) is 3.33. The number of hydrogen-bond donors (Lipinski definition) is 0. The van der Waals surface area contributed by atoms with Gasteiger partial charge in [-0.25, -0.2) is 9.97 Å². The molecule has 0 unspecified atom stereocenters. The van der Waals surface area contributed by atoms with Crippen LogP contribution in [0.2, 0.25) is 0 Å². The van der Waals surface area contributed by atoms with Crippen LogP contribution in [0, 0.1) is 0 Å². The Kier molecular flexibility index (Phi) is 2.93. The van der Waals surface area contributed by atoms with Gasteiger partial charge in [0.2, 0.25) is 0 Å². The number of rotatable bonds is 3. The van der Waals surface area contributed by atoms with Gasteiger partial charge in [-0.05, 0) is 25.1 Å². The minimum atomic E-state index is 0.890. The van der Waals surface area contributed by atoms with Crippen molar-refractivity contribution in [2.75, 3.05) is 11.4 Å². The minimum absolute atomic E-state index is 0.890. The fourth-order valence-corrected chi connectivity index (χ4v) is 1.53. The van der Waals surface area contributed by atoms with E-state index in [1.165, 1.54) is 0 Å². The summed E-state index contributed by atoms with van der Waals surface area (Å²) in [5.74, 6) is 0.929. The summed E-state index contributed by atoms with van der Waals surface area (Å²) in [7, 11) is 0. The maximum Gasteiger partial charge on any atom is 0.136 e. The first-order valence-electron chi connectivity index (χ1n) is 5.00. The van der Waals surface area contributed by atoms with Gasteiger partial charge in [-0.1, -0.05) is 18.2 Å². The molecule has 0 amide bonds. The molecule has 1 heterocycles. The molecule has 3 nitrogen and oxygen atoms in total. The summed E-state index contributed by atoms with van der Waals surface area (Å²) in [5.41, 5.74) is 1.15. The van der Waals surface area contributed by atoms with E-state index in [2.05, 4.69) is 33.9 Å². The maximum absolute atomic E-state index is 4.24. The molecule has 76 valence electrons. The largest absolute Gasteiger partial charge is 0.327 e. The second-order valence-corrected chi connectivity index (χ2v) is 3.15. The zero-order chi connectivity index (χ0) is 10.5. The van der Waals surface area contributed by atoms with Gasteiger partial charge in [-0.15, -0.1) is 0 Å². The first-order valence-corrected chi connectivity index (χ1v) is 5.00. The van der Waals surface area contributed by atoms with Crippen LogP contribution in [0.25, 0.3) is 0 Å². The van der Waals surface area contributed by atoms with Gasteiger partial charge in [-0.3, -0.25) is 0 Å². The molecule has 0 bridgehead atoms. The highest BCUT2D eigenvalue weighted by molar-refractivity contribution is 5.58. The standard InChI is InChI=1S/C12H13N3/c1-2-15(11-6-4-3-5-7-11)12-8-9-13-10-14-12/h3-10H,2H2,1H3. The summed E-state index contributed by atoms with van der Waals surface area (Å²) in [4.78, 5) is 10.3. The number of benzene rings is 1. The Hall–Kier alpha value is -1.90. The fraction of sp³-hybridized carbons (Fsp3) is 0.167. The van der Waals surface area contributed by atoms with Crippen LogP contribution < -0.4 is 4.90 Å². The Labute approximate surface area is 89.4 Å². The Bertz CT molecular complexity index is 360. The van der Waals surface area contributed by atoms with Crippen LogP contribution >= 0.6 is 0 Å². The molecule has 0 aliphatic rings. The Balaban J connectivity index is 2.34. The summed E-state index contributed by atoms with van der Waals surface area (Å²) in [6, 6.07) is 12.1. The number of anilines is 2. The van der Waals surface area contributed by atoms with E-state index in [4.69, 9.17) is 0 Å².